The summed E-state index contributed by atoms with van der Waals surface area (Å²) in [5, 5.41) is 4.36. The molecular formula is C20H25IN4O. The van der Waals surface area contributed by atoms with E-state index >= 15 is 0 Å². The monoisotopic (exact) mass is 464 g/mol. The summed E-state index contributed by atoms with van der Waals surface area (Å²) in [6, 6.07) is 12.0. The zero-order valence-electron chi connectivity index (χ0n) is 15.5. The maximum absolute atomic E-state index is 6.05. The number of benzene rings is 2. The van der Waals surface area contributed by atoms with Gasteiger partial charge >= 0.3 is 0 Å². The molecule has 0 saturated carbocycles. The van der Waals surface area contributed by atoms with Crippen molar-refractivity contribution in [2.24, 2.45) is 10.7 Å². The van der Waals surface area contributed by atoms with Gasteiger partial charge in [0.1, 0.15) is 5.75 Å². The van der Waals surface area contributed by atoms with Crippen molar-refractivity contribution in [1.82, 2.24) is 4.98 Å². The quantitative estimate of drug-likeness (QED) is 0.299. The van der Waals surface area contributed by atoms with E-state index in [2.05, 4.69) is 48.2 Å². The minimum atomic E-state index is 0. The van der Waals surface area contributed by atoms with Crippen molar-refractivity contribution in [2.45, 2.75) is 27.3 Å². The van der Waals surface area contributed by atoms with Crippen molar-refractivity contribution in [3.8, 4) is 5.75 Å². The second kappa shape index (κ2) is 8.44. The molecule has 138 valence electrons. The molecule has 2 aromatic carbocycles. The lowest BCUT2D eigenvalue weighted by molar-refractivity contribution is 0.415. The van der Waals surface area contributed by atoms with Gasteiger partial charge in [0.15, 0.2) is 5.96 Å². The number of anilines is 1. The van der Waals surface area contributed by atoms with E-state index in [-0.39, 0.29) is 24.0 Å². The van der Waals surface area contributed by atoms with Gasteiger partial charge < -0.3 is 20.8 Å². The number of aromatic nitrogens is 1. The highest BCUT2D eigenvalue weighted by Crippen LogP contribution is 2.26. The van der Waals surface area contributed by atoms with Crippen molar-refractivity contribution in [1.29, 1.82) is 0 Å². The van der Waals surface area contributed by atoms with Crippen LogP contribution in [0, 0.1) is 20.8 Å². The van der Waals surface area contributed by atoms with Gasteiger partial charge in [0.25, 0.3) is 0 Å². The Bertz CT molecular complexity index is 946. The molecule has 3 aromatic rings. The number of aromatic amines is 1. The summed E-state index contributed by atoms with van der Waals surface area (Å²) in [5.74, 6) is 1.15. The molecule has 0 aliphatic heterocycles. The SMILES string of the molecule is COc1cccc(NC(N)=NCc2cc(C)cc3c(C)c(C)[nH]c23)c1.I. The summed E-state index contributed by atoms with van der Waals surface area (Å²) in [7, 11) is 1.64. The van der Waals surface area contributed by atoms with Gasteiger partial charge in [-0.3, -0.25) is 0 Å². The predicted molar refractivity (Wildman–Crippen MR) is 120 cm³/mol. The predicted octanol–water partition coefficient (Wildman–Crippen LogP) is 4.65. The number of methoxy groups -OCH3 is 1. The molecule has 0 radical (unpaired) electrons. The summed E-state index contributed by atoms with van der Waals surface area (Å²) in [6.07, 6.45) is 0. The number of nitrogens with one attached hydrogen (secondary N) is 2. The van der Waals surface area contributed by atoms with E-state index in [1.807, 2.05) is 24.3 Å². The summed E-state index contributed by atoms with van der Waals surface area (Å²) in [4.78, 5) is 7.96. The molecule has 0 saturated heterocycles. The Balaban J connectivity index is 0.00000243. The summed E-state index contributed by atoms with van der Waals surface area (Å²) < 4.78 is 5.22. The second-order valence-electron chi connectivity index (χ2n) is 6.28. The zero-order chi connectivity index (χ0) is 18.0. The number of halogens is 1. The normalized spacial score (nSPS) is 11.3. The fourth-order valence-corrected chi connectivity index (χ4v) is 2.97. The highest BCUT2D eigenvalue weighted by atomic mass is 127. The van der Waals surface area contributed by atoms with E-state index in [9.17, 15) is 0 Å². The Morgan fingerprint density at radius 2 is 1.96 bits per heavy atom. The number of aryl methyl sites for hydroxylation is 3. The lowest BCUT2D eigenvalue weighted by Gasteiger charge is -2.08. The fraction of sp³-hybridized carbons (Fsp3) is 0.250. The Morgan fingerprint density at radius 3 is 2.69 bits per heavy atom. The maximum atomic E-state index is 6.05. The maximum Gasteiger partial charge on any atom is 0.193 e. The third-order valence-corrected chi connectivity index (χ3v) is 4.41. The minimum Gasteiger partial charge on any atom is -0.497 e. The number of H-pyrrole nitrogens is 1. The van der Waals surface area contributed by atoms with E-state index in [1.54, 1.807) is 7.11 Å². The standard InChI is InChI=1S/C20H24N4O.HI/c1-12-8-15(19-18(9-12)13(2)14(3)23-19)11-22-20(21)24-16-6-5-7-17(10-16)25-4;/h5-10,23H,11H2,1-4H3,(H3,21,22,24);1H. The van der Waals surface area contributed by atoms with Crippen LogP contribution in [-0.4, -0.2) is 18.1 Å². The van der Waals surface area contributed by atoms with Gasteiger partial charge in [0, 0.05) is 22.8 Å². The lowest BCUT2D eigenvalue weighted by atomic mass is 10.0. The molecule has 0 amide bonds. The first kappa shape index (κ1) is 20.1. The summed E-state index contributed by atoms with van der Waals surface area (Å²) in [6.45, 7) is 6.85. The van der Waals surface area contributed by atoms with Crippen LogP contribution in [0.15, 0.2) is 41.4 Å². The van der Waals surface area contributed by atoms with Crippen LogP contribution >= 0.6 is 24.0 Å². The second-order valence-corrected chi connectivity index (χ2v) is 6.28. The molecular weight excluding hydrogens is 439 g/mol. The zero-order valence-corrected chi connectivity index (χ0v) is 17.8. The van der Waals surface area contributed by atoms with Crippen LogP contribution in [0.5, 0.6) is 5.75 Å². The number of ether oxygens (including phenoxy) is 1. The number of aliphatic imine (C=N–C) groups is 1. The largest absolute Gasteiger partial charge is 0.497 e. The van der Waals surface area contributed by atoms with Crippen LogP contribution in [-0.2, 0) is 6.54 Å². The fourth-order valence-electron chi connectivity index (χ4n) is 2.97. The average Bonchev–Trinajstić information content (AvgIpc) is 2.88. The van der Waals surface area contributed by atoms with Crippen LogP contribution in [0.3, 0.4) is 0 Å². The lowest BCUT2D eigenvalue weighted by Crippen LogP contribution is -2.22. The van der Waals surface area contributed by atoms with Gasteiger partial charge in [-0.15, -0.1) is 24.0 Å². The van der Waals surface area contributed by atoms with Crippen molar-refractivity contribution in [3.63, 3.8) is 0 Å². The Hall–Kier alpha value is -2.22. The van der Waals surface area contributed by atoms with Crippen molar-refractivity contribution < 1.29 is 4.74 Å². The molecule has 6 heteroatoms. The molecule has 1 heterocycles. The molecule has 0 unspecified atom stereocenters. The number of nitrogens with two attached hydrogens (primary N) is 1. The van der Waals surface area contributed by atoms with Crippen molar-refractivity contribution in [3.05, 3.63) is 58.8 Å². The molecule has 5 nitrogen and oxygen atoms in total. The number of hydrogen-bond acceptors (Lipinski definition) is 2. The highest BCUT2D eigenvalue weighted by Gasteiger charge is 2.09. The molecule has 26 heavy (non-hydrogen) atoms. The van der Waals surface area contributed by atoms with Crippen LogP contribution < -0.4 is 15.8 Å². The molecule has 4 N–H and O–H groups in total. The number of hydrogen-bond donors (Lipinski definition) is 3. The minimum absolute atomic E-state index is 0. The van der Waals surface area contributed by atoms with E-state index in [1.165, 1.54) is 22.2 Å². The molecule has 0 fully saturated rings. The Morgan fingerprint density at radius 1 is 1.19 bits per heavy atom. The van der Waals surface area contributed by atoms with Crippen molar-refractivity contribution in [2.75, 3.05) is 12.4 Å². The molecule has 0 aliphatic carbocycles. The van der Waals surface area contributed by atoms with E-state index in [4.69, 9.17) is 10.5 Å². The first-order valence-electron chi connectivity index (χ1n) is 8.27. The Kier molecular flexibility index (Phi) is 6.52. The number of fused-ring (bicyclic) bond motifs is 1. The third-order valence-electron chi connectivity index (χ3n) is 4.41. The van der Waals surface area contributed by atoms with Crippen LogP contribution in [0.1, 0.15) is 22.4 Å². The molecule has 0 aliphatic rings. The summed E-state index contributed by atoms with van der Waals surface area (Å²) in [5.41, 5.74) is 12.9. The number of guanidine groups is 1. The van der Waals surface area contributed by atoms with E-state index in [0.29, 0.717) is 12.5 Å². The smallest absolute Gasteiger partial charge is 0.193 e. The van der Waals surface area contributed by atoms with Gasteiger partial charge in [-0.25, -0.2) is 4.99 Å². The molecule has 0 bridgehead atoms. The summed E-state index contributed by atoms with van der Waals surface area (Å²) >= 11 is 0. The van der Waals surface area contributed by atoms with Crippen LogP contribution in [0.4, 0.5) is 5.69 Å². The molecule has 0 spiro atoms. The van der Waals surface area contributed by atoms with Crippen molar-refractivity contribution >= 4 is 46.5 Å². The van der Waals surface area contributed by atoms with Gasteiger partial charge in [-0.2, -0.15) is 0 Å². The molecule has 1 aromatic heterocycles. The van der Waals surface area contributed by atoms with Gasteiger partial charge in [0.2, 0.25) is 0 Å². The number of nitrogens with zero attached hydrogens (tertiary/aromatic N) is 1. The molecule has 3 rings (SSSR count). The van der Waals surface area contributed by atoms with Gasteiger partial charge in [0.05, 0.1) is 19.2 Å². The average molecular weight is 464 g/mol. The first-order chi connectivity index (χ1) is 12.0. The van der Waals surface area contributed by atoms with Gasteiger partial charge in [-0.1, -0.05) is 17.7 Å². The van der Waals surface area contributed by atoms with Crippen LogP contribution in [0.25, 0.3) is 10.9 Å². The number of rotatable bonds is 4. The van der Waals surface area contributed by atoms with E-state index < -0.39 is 0 Å². The van der Waals surface area contributed by atoms with Crippen LogP contribution in [0.2, 0.25) is 0 Å². The van der Waals surface area contributed by atoms with Gasteiger partial charge in [-0.05, 0) is 50.1 Å². The molecule has 0 atom stereocenters. The van der Waals surface area contributed by atoms with E-state index in [0.717, 1.165) is 22.5 Å². The first-order valence-corrected chi connectivity index (χ1v) is 8.27. The highest BCUT2D eigenvalue weighted by molar-refractivity contribution is 14.0. The Labute approximate surface area is 171 Å². The topological polar surface area (TPSA) is 75.4 Å². The third kappa shape index (κ3) is 4.30.